The third-order valence-corrected chi connectivity index (χ3v) is 3.41. The van der Waals surface area contributed by atoms with E-state index in [1.807, 2.05) is 25.2 Å². The highest BCUT2D eigenvalue weighted by Crippen LogP contribution is 2.18. The maximum atomic E-state index is 11.7. The number of hydrogen-bond donors (Lipinski definition) is 2. The molecule has 1 amide bonds. The molecule has 0 saturated heterocycles. The smallest absolute Gasteiger partial charge is 0.410 e. The van der Waals surface area contributed by atoms with Crippen LogP contribution in [0.15, 0.2) is 30.3 Å². The molecule has 18 heavy (non-hydrogen) atoms. The van der Waals surface area contributed by atoms with Crippen LogP contribution >= 0.6 is 0 Å². The maximum absolute atomic E-state index is 11.7. The Balaban J connectivity index is 1.75. The van der Waals surface area contributed by atoms with Gasteiger partial charge in [-0.2, -0.15) is 0 Å². The van der Waals surface area contributed by atoms with E-state index in [2.05, 4.69) is 10.6 Å². The zero-order valence-corrected chi connectivity index (χ0v) is 10.7. The van der Waals surface area contributed by atoms with Crippen molar-refractivity contribution in [1.29, 1.82) is 0 Å². The summed E-state index contributed by atoms with van der Waals surface area (Å²) in [6.07, 6.45) is 3.87. The highest BCUT2D eigenvalue weighted by molar-refractivity contribution is 5.70. The fourth-order valence-electron chi connectivity index (χ4n) is 2.32. The van der Waals surface area contributed by atoms with Crippen LogP contribution in [-0.2, 0) is 0 Å². The molecular formula is C14H20N2O2. The summed E-state index contributed by atoms with van der Waals surface area (Å²) in [7, 11) is 1.99. The van der Waals surface area contributed by atoms with Gasteiger partial charge in [0, 0.05) is 12.1 Å². The minimum atomic E-state index is -0.353. The van der Waals surface area contributed by atoms with Gasteiger partial charge in [-0.1, -0.05) is 18.2 Å². The third kappa shape index (κ3) is 3.74. The number of hydrogen-bond acceptors (Lipinski definition) is 3. The van der Waals surface area contributed by atoms with Crippen LogP contribution in [0.5, 0.6) is 5.75 Å². The van der Waals surface area contributed by atoms with Crippen LogP contribution in [0.2, 0.25) is 0 Å². The summed E-state index contributed by atoms with van der Waals surface area (Å²) in [6.45, 7) is 0. The lowest BCUT2D eigenvalue weighted by molar-refractivity contribution is 0.190. The molecule has 0 unspecified atom stereocenters. The van der Waals surface area contributed by atoms with Gasteiger partial charge in [0.2, 0.25) is 0 Å². The molecule has 1 aliphatic carbocycles. The minimum absolute atomic E-state index is 0.241. The van der Waals surface area contributed by atoms with Gasteiger partial charge < -0.3 is 15.4 Å². The van der Waals surface area contributed by atoms with Crippen LogP contribution in [-0.4, -0.2) is 25.2 Å². The molecule has 0 radical (unpaired) electrons. The molecule has 0 aromatic heterocycles. The van der Waals surface area contributed by atoms with E-state index in [1.54, 1.807) is 12.1 Å². The van der Waals surface area contributed by atoms with Gasteiger partial charge in [-0.3, -0.25) is 0 Å². The lowest BCUT2D eigenvalue weighted by Crippen LogP contribution is -2.42. The summed E-state index contributed by atoms with van der Waals surface area (Å²) in [5, 5.41) is 6.20. The number of carbonyl (C=O) groups excluding carboxylic acids is 1. The van der Waals surface area contributed by atoms with Crippen molar-refractivity contribution in [2.75, 3.05) is 7.05 Å². The van der Waals surface area contributed by atoms with Gasteiger partial charge in [-0.05, 0) is 44.9 Å². The number of ether oxygens (including phenoxy) is 1. The van der Waals surface area contributed by atoms with E-state index in [-0.39, 0.29) is 12.1 Å². The van der Waals surface area contributed by atoms with Gasteiger partial charge in [0.15, 0.2) is 0 Å². The summed E-state index contributed by atoms with van der Waals surface area (Å²) in [5.41, 5.74) is 0. The van der Waals surface area contributed by atoms with E-state index in [0.29, 0.717) is 11.8 Å². The Hall–Kier alpha value is -1.55. The number of nitrogens with one attached hydrogen (secondary N) is 2. The molecule has 0 spiro atoms. The first-order valence-corrected chi connectivity index (χ1v) is 6.48. The minimum Gasteiger partial charge on any atom is -0.410 e. The second kappa shape index (κ2) is 6.40. The third-order valence-electron chi connectivity index (χ3n) is 3.41. The Morgan fingerprint density at radius 2 is 1.72 bits per heavy atom. The van der Waals surface area contributed by atoms with Crippen LogP contribution in [0.4, 0.5) is 4.79 Å². The highest BCUT2D eigenvalue weighted by Gasteiger charge is 2.21. The van der Waals surface area contributed by atoms with Crippen molar-refractivity contribution in [1.82, 2.24) is 10.6 Å². The van der Waals surface area contributed by atoms with Crippen LogP contribution in [0, 0.1) is 0 Å². The Kier molecular flexibility index (Phi) is 4.59. The summed E-state index contributed by atoms with van der Waals surface area (Å²) in [6, 6.07) is 9.97. The fraction of sp³-hybridized carbons (Fsp3) is 0.500. The molecule has 2 N–H and O–H groups in total. The average molecular weight is 248 g/mol. The molecule has 4 heteroatoms. The van der Waals surface area contributed by atoms with Gasteiger partial charge in [0.05, 0.1) is 0 Å². The fourth-order valence-corrected chi connectivity index (χ4v) is 2.32. The Bertz CT molecular complexity index is 373. The molecule has 0 bridgehead atoms. The van der Waals surface area contributed by atoms with Gasteiger partial charge in [0.25, 0.3) is 0 Å². The molecule has 2 rings (SSSR count). The molecular weight excluding hydrogens is 228 g/mol. The molecule has 1 saturated carbocycles. The monoisotopic (exact) mass is 248 g/mol. The van der Waals surface area contributed by atoms with Crippen LogP contribution in [0.1, 0.15) is 25.7 Å². The van der Waals surface area contributed by atoms with E-state index in [9.17, 15) is 4.79 Å². The van der Waals surface area contributed by atoms with Crippen LogP contribution in [0.25, 0.3) is 0 Å². The second-order valence-corrected chi connectivity index (χ2v) is 4.68. The van der Waals surface area contributed by atoms with Crippen molar-refractivity contribution >= 4 is 6.09 Å². The van der Waals surface area contributed by atoms with Gasteiger partial charge in [0.1, 0.15) is 5.75 Å². The predicted molar refractivity (Wildman–Crippen MR) is 70.7 cm³/mol. The van der Waals surface area contributed by atoms with E-state index in [1.165, 1.54) is 0 Å². The largest absolute Gasteiger partial charge is 0.412 e. The van der Waals surface area contributed by atoms with Gasteiger partial charge in [-0.15, -0.1) is 0 Å². The van der Waals surface area contributed by atoms with Crippen molar-refractivity contribution < 1.29 is 9.53 Å². The number of rotatable bonds is 3. The van der Waals surface area contributed by atoms with Crippen LogP contribution < -0.4 is 15.4 Å². The van der Waals surface area contributed by atoms with E-state index >= 15 is 0 Å². The summed E-state index contributed by atoms with van der Waals surface area (Å²) < 4.78 is 5.20. The summed E-state index contributed by atoms with van der Waals surface area (Å²) in [4.78, 5) is 11.7. The summed E-state index contributed by atoms with van der Waals surface area (Å²) >= 11 is 0. The number of para-hydroxylation sites is 1. The molecule has 1 fully saturated rings. The van der Waals surface area contributed by atoms with Crippen molar-refractivity contribution in [3.05, 3.63) is 30.3 Å². The van der Waals surface area contributed by atoms with Crippen molar-refractivity contribution in [3.8, 4) is 5.75 Å². The SMILES string of the molecule is CNC1CCC(NC(=O)Oc2ccccc2)CC1. The number of amides is 1. The molecule has 4 nitrogen and oxygen atoms in total. The average Bonchev–Trinajstić information content (AvgIpc) is 2.40. The lowest BCUT2D eigenvalue weighted by Gasteiger charge is -2.28. The highest BCUT2D eigenvalue weighted by atomic mass is 16.6. The first-order chi connectivity index (χ1) is 8.78. The molecule has 1 aromatic carbocycles. The second-order valence-electron chi connectivity index (χ2n) is 4.68. The van der Waals surface area contributed by atoms with Gasteiger partial charge in [-0.25, -0.2) is 4.79 Å². The van der Waals surface area contributed by atoms with E-state index < -0.39 is 0 Å². The maximum Gasteiger partial charge on any atom is 0.412 e. The Labute approximate surface area is 108 Å². The quantitative estimate of drug-likeness (QED) is 0.863. The number of carbonyl (C=O) groups is 1. The summed E-state index contributed by atoms with van der Waals surface area (Å²) in [5.74, 6) is 0.582. The zero-order valence-electron chi connectivity index (χ0n) is 10.7. The van der Waals surface area contributed by atoms with Crippen molar-refractivity contribution in [2.45, 2.75) is 37.8 Å². The predicted octanol–water partition coefficient (Wildman–Crippen LogP) is 2.31. The topological polar surface area (TPSA) is 50.4 Å². The molecule has 0 heterocycles. The Morgan fingerprint density at radius 1 is 1.11 bits per heavy atom. The standard InChI is InChI=1S/C14H20N2O2/c1-15-11-7-9-12(10-8-11)16-14(17)18-13-5-3-2-4-6-13/h2-6,11-12,15H,7-10H2,1H3,(H,16,17). The normalized spacial score (nSPS) is 23.4. The Morgan fingerprint density at radius 3 is 2.33 bits per heavy atom. The van der Waals surface area contributed by atoms with E-state index in [0.717, 1.165) is 25.7 Å². The van der Waals surface area contributed by atoms with Crippen molar-refractivity contribution in [2.24, 2.45) is 0 Å². The number of benzene rings is 1. The van der Waals surface area contributed by atoms with Crippen LogP contribution in [0.3, 0.4) is 0 Å². The molecule has 1 aliphatic rings. The molecule has 0 atom stereocenters. The van der Waals surface area contributed by atoms with E-state index in [4.69, 9.17) is 4.74 Å². The first kappa shape index (κ1) is 12.9. The van der Waals surface area contributed by atoms with Crippen molar-refractivity contribution in [3.63, 3.8) is 0 Å². The van der Waals surface area contributed by atoms with Gasteiger partial charge >= 0.3 is 6.09 Å². The molecule has 0 aliphatic heterocycles. The molecule has 98 valence electrons. The first-order valence-electron chi connectivity index (χ1n) is 6.48. The lowest BCUT2D eigenvalue weighted by atomic mass is 9.91. The molecule has 1 aromatic rings. The zero-order chi connectivity index (χ0) is 12.8.